The Morgan fingerprint density at radius 2 is 1.75 bits per heavy atom. The number of hydrogen-bond donors (Lipinski definition) is 1. The van der Waals surface area contributed by atoms with Gasteiger partial charge >= 0.3 is 11.9 Å². The van der Waals surface area contributed by atoms with Crippen LogP contribution in [0.15, 0.2) is 0 Å². The topological polar surface area (TPSA) is 104 Å². The SMILES string of the molecule is CCOC(=O)C1CCN(S(=O)(=O)N2CC(C(=O)O)CCC2C)CC1. The van der Waals surface area contributed by atoms with Gasteiger partial charge in [0.25, 0.3) is 10.2 Å². The van der Waals surface area contributed by atoms with Gasteiger partial charge < -0.3 is 9.84 Å². The van der Waals surface area contributed by atoms with Gasteiger partial charge in [0.2, 0.25) is 0 Å². The van der Waals surface area contributed by atoms with Gasteiger partial charge in [0.1, 0.15) is 0 Å². The van der Waals surface area contributed by atoms with Crippen molar-refractivity contribution in [1.82, 2.24) is 8.61 Å². The summed E-state index contributed by atoms with van der Waals surface area (Å²) in [4.78, 5) is 23.0. The van der Waals surface area contributed by atoms with Crippen molar-refractivity contribution in [3.05, 3.63) is 0 Å². The average Bonchev–Trinajstić information content (AvgIpc) is 2.55. The molecule has 0 radical (unpaired) electrons. The number of carbonyl (C=O) groups excluding carboxylic acids is 1. The molecular weight excluding hydrogens is 336 g/mol. The lowest BCUT2D eigenvalue weighted by atomic mass is 9.96. The number of carbonyl (C=O) groups is 2. The van der Waals surface area contributed by atoms with Crippen LogP contribution in [-0.4, -0.2) is 66.4 Å². The highest BCUT2D eigenvalue weighted by Crippen LogP contribution is 2.29. The van der Waals surface area contributed by atoms with E-state index in [-0.39, 0.29) is 37.6 Å². The Morgan fingerprint density at radius 3 is 2.29 bits per heavy atom. The van der Waals surface area contributed by atoms with Gasteiger partial charge in [-0.2, -0.15) is 17.0 Å². The molecule has 0 spiro atoms. The summed E-state index contributed by atoms with van der Waals surface area (Å²) in [6.07, 6.45) is 1.90. The van der Waals surface area contributed by atoms with Gasteiger partial charge in [-0.15, -0.1) is 0 Å². The Morgan fingerprint density at radius 1 is 1.12 bits per heavy atom. The van der Waals surface area contributed by atoms with E-state index in [1.807, 2.05) is 0 Å². The van der Waals surface area contributed by atoms with E-state index in [9.17, 15) is 23.1 Å². The molecule has 2 atom stereocenters. The number of carboxylic acid groups (broad SMARTS) is 1. The number of hydrogen-bond acceptors (Lipinski definition) is 5. The first-order chi connectivity index (χ1) is 11.3. The summed E-state index contributed by atoms with van der Waals surface area (Å²) < 4.78 is 33.4. The number of esters is 1. The maximum atomic E-state index is 12.9. The lowest BCUT2D eigenvalue weighted by molar-refractivity contribution is -0.149. The second-order valence-electron chi connectivity index (χ2n) is 6.46. The predicted octanol–water partition coefficient (Wildman–Crippen LogP) is 0.691. The number of nitrogens with zero attached hydrogens (tertiary/aromatic N) is 2. The van der Waals surface area contributed by atoms with Crippen LogP contribution in [0.4, 0.5) is 0 Å². The van der Waals surface area contributed by atoms with E-state index in [0.29, 0.717) is 32.3 Å². The minimum absolute atomic E-state index is 0.0106. The highest BCUT2D eigenvalue weighted by Gasteiger charge is 2.41. The van der Waals surface area contributed by atoms with E-state index in [1.165, 1.54) is 8.61 Å². The molecule has 0 amide bonds. The summed E-state index contributed by atoms with van der Waals surface area (Å²) in [5, 5.41) is 9.18. The van der Waals surface area contributed by atoms with Crippen LogP contribution in [-0.2, 0) is 24.5 Å². The Labute approximate surface area is 142 Å². The maximum absolute atomic E-state index is 12.9. The van der Waals surface area contributed by atoms with Gasteiger partial charge in [0.15, 0.2) is 0 Å². The summed E-state index contributed by atoms with van der Waals surface area (Å²) in [5.74, 6) is -2.15. The molecule has 0 saturated carbocycles. The zero-order valence-electron chi connectivity index (χ0n) is 14.2. The van der Waals surface area contributed by atoms with Gasteiger partial charge in [-0.25, -0.2) is 0 Å². The molecular formula is C15H26N2O6S. The first kappa shape index (κ1) is 19.1. The van der Waals surface area contributed by atoms with Gasteiger partial charge in [-0.05, 0) is 39.5 Å². The largest absolute Gasteiger partial charge is 0.481 e. The molecule has 24 heavy (non-hydrogen) atoms. The molecule has 0 aromatic heterocycles. The quantitative estimate of drug-likeness (QED) is 0.722. The summed E-state index contributed by atoms with van der Waals surface area (Å²) in [6, 6.07) is -0.214. The van der Waals surface area contributed by atoms with E-state index < -0.39 is 22.1 Å². The highest BCUT2D eigenvalue weighted by molar-refractivity contribution is 7.86. The molecule has 2 aliphatic rings. The Kier molecular flexibility index (Phi) is 6.22. The fourth-order valence-electron chi connectivity index (χ4n) is 3.33. The molecule has 9 heteroatoms. The van der Waals surface area contributed by atoms with Gasteiger partial charge in [0.05, 0.1) is 18.4 Å². The van der Waals surface area contributed by atoms with Crippen molar-refractivity contribution >= 4 is 22.1 Å². The standard InChI is InChI=1S/C15H26N2O6S/c1-3-23-15(20)12-6-8-16(9-7-12)24(21,22)17-10-13(14(18)19)5-4-11(17)2/h11-13H,3-10H2,1-2H3,(H,18,19). The van der Waals surface area contributed by atoms with E-state index in [4.69, 9.17) is 4.74 Å². The van der Waals surface area contributed by atoms with Crippen LogP contribution >= 0.6 is 0 Å². The van der Waals surface area contributed by atoms with Crippen LogP contribution in [0.1, 0.15) is 39.5 Å². The van der Waals surface area contributed by atoms with Crippen molar-refractivity contribution in [2.75, 3.05) is 26.2 Å². The molecule has 138 valence electrons. The monoisotopic (exact) mass is 362 g/mol. The summed E-state index contributed by atoms with van der Waals surface area (Å²) >= 11 is 0. The van der Waals surface area contributed by atoms with Crippen LogP contribution < -0.4 is 0 Å². The van der Waals surface area contributed by atoms with Crippen LogP contribution in [0.3, 0.4) is 0 Å². The average molecular weight is 362 g/mol. The fourth-order valence-corrected chi connectivity index (χ4v) is 5.23. The lowest BCUT2D eigenvalue weighted by Crippen LogP contribution is -2.54. The zero-order valence-corrected chi connectivity index (χ0v) is 15.0. The van der Waals surface area contributed by atoms with E-state index in [2.05, 4.69) is 0 Å². The number of carboxylic acids is 1. The van der Waals surface area contributed by atoms with Crippen molar-refractivity contribution < 1.29 is 27.9 Å². The summed E-state index contributed by atoms with van der Waals surface area (Å²) in [7, 11) is -3.71. The zero-order chi connectivity index (χ0) is 17.9. The summed E-state index contributed by atoms with van der Waals surface area (Å²) in [5.41, 5.74) is 0. The third-order valence-corrected chi connectivity index (χ3v) is 6.99. The highest BCUT2D eigenvalue weighted by atomic mass is 32.2. The van der Waals surface area contributed by atoms with Crippen molar-refractivity contribution in [1.29, 1.82) is 0 Å². The number of rotatable bonds is 5. The minimum Gasteiger partial charge on any atom is -0.481 e. The molecule has 0 aromatic rings. The third kappa shape index (κ3) is 4.07. The van der Waals surface area contributed by atoms with Gasteiger partial charge in [-0.3, -0.25) is 9.59 Å². The predicted molar refractivity (Wildman–Crippen MR) is 86.4 cm³/mol. The molecule has 2 aliphatic heterocycles. The molecule has 2 unspecified atom stereocenters. The van der Waals surface area contributed by atoms with Crippen LogP contribution in [0.5, 0.6) is 0 Å². The molecule has 8 nitrogen and oxygen atoms in total. The van der Waals surface area contributed by atoms with E-state index >= 15 is 0 Å². The number of ether oxygens (including phenoxy) is 1. The van der Waals surface area contributed by atoms with Crippen LogP contribution in [0, 0.1) is 11.8 Å². The van der Waals surface area contributed by atoms with Gasteiger partial charge in [-0.1, -0.05) is 0 Å². The van der Waals surface area contributed by atoms with Crippen molar-refractivity contribution in [3.63, 3.8) is 0 Å². The van der Waals surface area contributed by atoms with Crippen LogP contribution in [0.25, 0.3) is 0 Å². The molecule has 1 N–H and O–H groups in total. The molecule has 2 heterocycles. The first-order valence-electron chi connectivity index (χ1n) is 8.43. The van der Waals surface area contributed by atoms with Gasteiger partial charge in [0, 0.05) is 25.7 Å². The van der Waals surface area contributed by atoms with E-state index in [1.54, 1.807) is 13.8 Å². The third-order valence-electron chi connectivity index (χ3n) is 4.87. The van der Waals surface area contributed by atoms with Crippen molar-refractivity contribution in [3.8, 4) is 0 Å². The second-order valence-corrected chi connectivity index (χ2v) is 8.35. The maximum Gasteiger partial charge on any atom is 0.309 e. The van der Waals surface area contributed by atoms with E-state index in [0.717, 1.165) is 0 Å². The second kappa shape index (κ2) is 7.79. The number of aliphatic carboxylic acids is 1. The van der Waals surface area contributed by atoms with Crippen LogP contribution in [0.2, 0.25) is 0 Å². The lowest BCUT2D eigenvalue weighted by Gasteiger charge is -2.40. The molecule has 0 bridgehead atoms. The minimum atomic E-state index is -3.71. The Balaban J connectivity index is 2.02. The molecule has 2 fully saturated rings. The molecule has 0 aromatic carbocycles. The number of piperidine rings is 2. The fraction of sp³-hybridized carbons (Fsp3) is 0.867. The van der Waals surface area contributed by atoms with Crippen molar-refractivity contribution in [2.24, 2.45) is 11.8 Å². The first-order valence-corrected chi connectivity index (χ1v) is 9.83. The Bertz CT molecular complexity index is 571. The van der Waals surface area contributed by atoms with Crippen molar-refractivity contribution in [2.45, 2.75) is 45.6 Å². The summed E-state index contributed by atoms with van der Waals surface area (Å²) in [6.45, 7) is 4.39. The molecule has 2 saturated heterocycles. The normalized spacial score (nSPS) is 27.8. The molecule has 0 aliphatic carbocycles. The molecule has 2 rings (SSSR count). The Hall–Kier alpha value is -1.19. The smallest absolute Gasteiger partial charge is 0.309 e.